The first-order valence-electron chi connectivity index (χ1n) is 6.87. The molecule has 0 bridgehead atoms. The maximum absolute atomic E-state index is 5.75. The maximum atomic E-state index is 5.75. The van der Waals surface area contributed by atoms with Gasteiger partial charge < -0.3 is 9.15 Å². The summed E-state index contributed by atoms with van der Waals surface area (Å²) in [6, 6.07) is 8.56. The van der Waals surface area contributed by atoms with E-state index in [1.807, 2.05) is 13.8 Å². The first-order valence-corrected chi connectivity index (χ1v) is 7.78. The number of hydrogen-bond donors (Lipinski definition) is 0. The molecule has 2 aromatic rings. The molecule has 0 saturated heterocycles. The molecule has 1 aliphatic heterocycles. The number of ether oxygens (including phenoxy) is 1. The number of hydrogen-bond acceptors (Lipinski definition) is 2. The zero-order valence-corrected chi connectivity index (χ0v) is 13.9. The van der Waals surface area contributed by atoms with Crippen LogP contribution >= 0.6 is 15.9 Å². The minimum Gasteiger partial charge on any atom is -0.492 e. The smallest absolute Gasteiger partial charge is 0.123 e. The van der Waals surface area contributed by atoms with Crippen molar-refractivity contribution in [2.24, 2.45) is 0 Å². The van der Waals surface area contributed by atoms with Crippen LogP contribution in [0.4, 0.5) is 0 Å². The number of halogens is 1. The predicted molar refractivity (Wildman–Crippen MR) is 83.9 cm³/mol. The molecule has 0 N–H and O–H groups in total. The van der Waals surface area contributed by atoms with Crippen molar-refractivity contribution in [3.63, 3.8) is 0 Å². The molecule has 2 heterocycles. The molecule has 3 heteroatoms. The van der Waals surface area contributed by atoms with Crippen molar-refractivity contribution in [1.82, 2.24) is 0 Å². The molecule has 0 fully saturated rings. The summed E-state index contributed by atoms with van der Waals surface area (Å²) in [5.74, 6) is 2.94. The van der Waals surface area contributed by atoms with E-state index in [2.05, 4.69) is 54.0 Å². The third-order valence-electron chi connectivity index (χ3n) is 3.97. The fourth-order valence-electron chi connectivity index (χ4n) is 2.78. The van der Waals surface area contributed by atoms with Crippen LogP contribution < -0.4 is 4.74 Å². The van der Waals surface area contributed by atoms with Gasteiger partial charge in [-0.05, 0) is 37.6 Å². The molecule has 0 radical (unpaired) electrons. The van der Waals surface area contributed by atoms with Crippen molar-refractivity contribution >= 4 is 15.9 Å². The minimum atomic E-state index is 0.0828. The number of rotatable bonds is 2. The number of furan rings is 1. The van der Waals surface area contributed by atoms with Crippen molar-refractivity contribution < 1.29 is 9.15 Å². The van der Waals surface area contributed by atoms with Crippen LogP contribution in [0.15, 0.2) is 28.7 Å². The van der Waals surface area contributed by atoms with Gasteiger partial charge in [0.25, 0.3) is 0 Å². The highest BCUT2D eigenvalue weighted by atomic mass is 79.9. The second kappa shape index (κ2) is 4.66. The zero-order valence-electron chi connectivity index (χ0n) is 12.3. The summed E-state index contributed by atoms with van der Waals surface area (Å²) in [7, 11) is 0. The SMILES string of the molecule is Cc1cc(C(Br)c2ccc3c(c2)C(C)(C)CO3)c(C)o1. The van der Waals surface area contributed by atoms with Gasteiger partial charge in [-0.15, -0.1) is 0 Å². The van der Waals surface area contributed by atoms with Crippen LogP contribution in [0.2, 0.25) is 0 Å². The van der Waals surface area contributed by atoms with Crippen LogP contribution in [0.1, 0.15) is 46.9 Å². The van der Waals surface area contributed by atoms with E-state index < -0.39 is 0 Å². The van der Waals surface area contributed by atoms with Gasteiger partial charge in [-0.2, -0.15) is 0 Å². The van der Waals surface area contributed by atoms with Crippen LogP contribution in [0.25, 0.3) is 0 Å². The predicted octanol–water partition coefficient (Wildman–Crippen LogP) is 5.05. The molecule has 0 aliphatic carbocycles. The van der Waals surface area contributed by atoms with E-state index in [1.54, 1.807) is 0 Å². The molecule has 0 amide bonds. The van der Waals surface area contributed by atoms with Crippen LogP contribution in [0.5, 0.6) is 5.75 Å². The van der Waals surface area contributed by atoms with E-state index in [9.17, 15) is 0 Å². The number of fused-ring (bicyclic) bond motifs is 1. The maximum Gasteiger partial charge on any atom is 0.123 e. The quantitative estimate of drug-likeness (QED) is 0.717. The average Bonchev–Trinajstić information content (AvgIpc) is 2.88. The van der Waals surface area contributed by atoms with Crippen molar-refractivity contribution in [2.45, 2.75) is 37.9 Å². The van der Waals surface area contributed by atoms with Crippen LogP contribution in [0.3, 0.4) is 0 Å². The van der Waals surface area contributed by atoms with E-state index in [0.29, 0.717) is 0 Å². The van der Waals surface area contributed by atoms with Gasteiger partial charge in [0.1, 0.15) is 17.3 Å². The summed E-state index contributed by atoms with van der Waals surface area (Å²) in [6.07, 6.45) is 0. The first kappa shape index (κ1) is 13.7. The lowest BCUT2D eigenvalue weighted by atomic mass is 9.85. The van der Waals surface area contributed by atoms with Crippen LogP contribution in [0, 0.1) is 13.8 Å². The highest BCUT2D eigenvalue weighted by molar-refractivity contribution is 9.09. The van der Waals surface area contributed by atoms with E-state index in [1.165, 1.54) is 16.7 Å². The summed E-state index contributed by atoms with van der Waals surface area (Å²) in [6.45, 7) is 9.19. The molecule has 1 unspecified atom stereocenters. The molecule has 1 atom stereocenters. The second-order valence-corrected chi connectivity index (χ2v) is 7.07. The van der Waals surface area contributed by atoms with Gasteiger partial charge in [0.15, 0.2) is 0 Å². The lowest BCUT2D eigenvalue weighted by molar-refractivity contribution is 0.291. The Kier molecular flexibility index (Phi) is 3.20. The lowest BCUT2D eigenvalue weighted by Gasteiger charge is -2.17. The van der Waals surface area contributed by atoms with Gasteiger partial charge in [0, 0.05) is 16.5 Å². The van der Waals surface area contributed by atoms with Gasteiger partial charge in [-0.3, -0.25) is 0 Å². The summed E-state index contributed by atoms with van der Waals surface area (Å²) in [5, 5.41) is 0. The van der Waals surface area contributed by atoms with Crippen molar-refractivity contribution in [2.75, 3.05) is 6.61 Å². The Morgan fingerprint density at radius 1 is 1.20 bits per heavy atom. The summed E-state index contributed by atoms with van der Waals surface area (Å²) >= 11 is 3.80. The molecule has 106 valence electrons. The monoisotopic (exact) mass is 334 g/mol. The second-order valence-electron chi connectivity index (χ2n) is 6.16. The van der Waals surface area contributed by atoms with E-state index in [0.717, 1.165) is 23.9 Å². The normalized spacial score (nSPS) is 17.6. The number of benzene rings is 1. The molecule has 0 spiro atoms. The Labute approximate surface area is 128 Å². The Morgan fingerprint density at radius 3 is 2.60 bits per heavy atom. The van der Waals surface area contributed by atoms with E-state index in [-0.39, 0.29) is 10.2 Å². The van der Waals surface area contributed by atoms with Crippen LogP contribution in [-0.4, -0.2) is 6.61 Å². The highest BCUT2D eigenvalue weighted by Gasteiger charge is 2.32. The molecular formula is C17H19BrO2. The topological polar surface area (TPSA) is 22.4 Å². The Morgan fingerprint density at radius 2 is 1.95 bits per heavy atom. The standard InChI is InChI=1S/C17H19BrO2/c1-10-7-13(11(2)20-10)16(18)12-5-6-15-14(8-12)17(3,4)9-19-15/h5-8,16H,9H2,1-4H3. The minimum absolute atomic E-state index is 0.0828. The molecule has 1 aliphatic rings. The summed E-state index contributed by atoms with van der Waals surface area (Å²) in [5.41, 5.74) is 3.81. The summed E-state index contributed by atoms with van der Waals surface area (Å²) in [4.78, 5) is 0.154. The van der Waals surface area contributed by atoms with Gasteiger partial charge in [0.2, 0.25) is 0 Å². The Hall–Kier alpha value is -1.22. The first-order chi connectivity index (χ1) is 9.38. The molecule has 3 rings (SSSR count). The Balaban J connectivity index is 2.02. The molecule has 2 nitrogen and oxygen atoms in total. The highest BCUT2D eigenvalue weighted by Crippen LogP contribution is 2.42. The average molecular weight is 335 g/mol. The Bertz CT molecular complexity index is 655. The molecular weight excluding hydrogens is 316 g/mol. The van der Waals surface area contributed by atoms with E-state index >= 15 is 0 Å². The largest absolute Gasteiger partial charge is 0.492 e. The molecule has 0 saturated carbocycles. The zero-order chi connectivity index (χ0) is 14.5. The third-order valence-corrected chi connectivity index (χ3v) is 4.99. The third kappa shape index (κ3) is 2.18. The number of alkyl halides is 1. The molecule has 20 heavy (non-hydrogen) atoms. The fourth-order valence-corrected chi connectivity index (χ4v) is 3.52. The van der Waals surface area contributed by atoms with Gasteiger partial charge in [-0.1, -0.05) is 35.8 Å². The van der Waals surface area contributed by atoms with Crippen molar-refractivity contribution in [3.8, 4) is 5.75 Å². The lowest BCUT2D eigenvalue weighted by Crippen LogP contribution is -2.18. The van der Waals surface area contributed by atoms with Crippen molar-refractivity contribution in [1.29, 1.82) is 0 Å². The van der Waals surface area contributed by atoms with Gasteiger partial charge in [-0.25, -0.2) is 0 Å². The van der Waals surface area contributed by atoms with Gasteiger partial charge in [0.05, 0.1) is 11.4 Å². The van der Waals surface area contributed by atoms with Crippen LogP contribution in [-0.2, 0) is 5.41 Å². The molecule has 1 aromatic heterocycles. The van der Waals surface area contributed by atoms with E-state index in [4.69, 9.17) is 9.15 Å². The van der Waals surface area contributed by atoms with Crippen molar-refractivity contribution in [3.05, 3.63) is 52.5 Å². The van der Waals surface area contributed by atoms with Gasteiger partial charge >= 0.3 is 0 Å². The summed E-state index contributed by atoms with van der Waals surface area (Å²) < 4.78 is 11.4. The number of aryl methyl sites for hydroxylation is 2. The molecule has 1 aromatic carbocycles. The fraction of sp³-hybridized carbons (Fsp3) is 0.412.